The van der Waals surface area contributed by atoms with Gasteiger partial charge in [-0.05, 0) is 50.7 Å². The van der Waals surface area contributed by atoms with Crippen LogP contribution in [0.15, 0.2) is 24.3 Å². The average Bonchev–Trinajstić information content (AvgIpc) is 3.00. The van der Waals surface area contributed by atoms with Gasteiger partial charge in [-0.15, -0.1) is 0 Å². The molecule has 0 N–H and O–H groups in total. The van der Waals surface area contributed by atoms with E-state index in [1.54, 1.807) is 0 Å². The van der Waals surface area contributed by atoms with Crippen LogP contribution in [0.25, 0.3) is 0 Å². The van der Waals surface area contributed by atoms with E-state index in [4.69, 9.17) is 0 Å². The predicted octanol–water partition coefficient (Wildman–Crippen LogP) is 3.47. The number of carbonyl (C=O) groups is 1. The lowest BCUT2D eigenvalue weighted by Crippen LogP contribution is -2.62. The number of benzene rings is 1. The van der Waals surface area contributed by atoms with Gasteiger partial charge >= 0.3 is 0 Å². The first-order valence-corrected chi connectivity index (χ1v) is 9.21. The van der Waals surface area contributed by atoms with Gasteiger partial charge in [0, 0.05) is 36.3 Å². The number of nitrogens with zero attached hydrogens (tertiary/aromatic N) is 2. The van der Waals surface area contributed by atoms with Crippen LogP contribution in [0.4, 0.5) is 0 Å². The molecule has 4 unspecified atom stereocenters. The number of carbonyl (C=O) groups excluding carboxylic acids is 1. The normalized spacial score (nSPS) is 32.8. The molecule has 3 aliphatic heterocycles. The van der Waals surface area contributed by atoms with Crippen LogP contribution in [0.3, 0.4) is 0 Å². The molecule has 3 heteroatoms. The zero-order valence-corrected chi connectivity index (χ0v) is 14.5. The van der Waals surface area contributed by atoms with Gasteiger partial charge in [-0.3, -0.25) is 9.69 Å². The van der Waals surface area contributed by atoms with E-state index < -0.39 is 0 Å². The predicted molar refractivity (Wildman–Crippen MR) is 92.5 cm³/mol. The Morgan fingerprint density at radius 2 is 1.52 bits per heavy atom. The molecule has 3 fully saturated rings. The molecule has 3 nitrogen and oxygen atoms in total. The molecule has 0 radical (unpaired) electrons. The third-order valence-electron chi connectivity index (χ3n) is 6.08. The van der Waals surface area contributed by atoms with Crippen LogP contribution in [-0.2, 0) is 0 Å². The maximum Gasteiger partial charge on any atom is 0.254 e. The smallest absolute Gasteiger partial charge is 0.254 e. The molecular weight excluding hydrogens is 284 g/mol. The minimum absolute atomic E-state index is 0.263. The summed E-state index contributed by atoms with van der Waals surface area (Å²) in [5.41, 5.74) is 2.08. The summed E-state index contributed by atoms with van der Waals surface area (Å²) in [5.74, 6) is 0.968. The highest BCUT2D eigenvalue weighted by molar-refractivity contribution is 5.95. The summed E-state index contributed by atoms with van der Waals surface area (Å²) in [6.07, 6.45) is 4.93. The molecule has 3 heterocycles. The number of hydrogen-bond acceptors (Lipinski definition) is 2. The summed E-state index contributed by atoms with van der Waals surface area (Å²) >= 11 is 0. The van der Waals surface area contributed by atoms with Gasteiger partial charge in [-0.2, -0.15) is 0 Å². The first-order chi connectivity index (χ1) is 11.1. The molecule has 4 atom stereocenters. The van der Waals surface area contributed by atoms with Crippen LogP contribution in [0.1, 0.15) is 55.5 Å². The summed E-state index contributed by atoms with van der Waals surface area (Å²) in [5, 5.41) is 0. The van der Waals surface area contributed by atoms with Gasteiger partial charge < -0.3 is 4.90 Å². The number of rotatable bonds is 3. The zero-order chi connectivity index (χ0) is 16.1. The molecule has 124 valence electrons. The molecule has 0 aliphatic carbocycles. The SMILES string of the molecule is Cc1ccc(C(=O)N2C3CCC2C2CCC3N2CC(C)C)cc1. The second-order valence-corrected chi connectivity index (χ2v) is 8.09. The van der Waals surface area contributed by atoms with Gasteiger partial charge in [0.25, 0.3) is 5.91 Å². The van der Waals surface area contributed by atoms with Crippen LogP contribution in [-0.4, -0.2) is 46.4 Å². The van der Waals surface area contributed by atoms with Gasteiger partial charge in [0.05, 0.1) is 0 Å². The highest BCUT2D eigenvalue weighted by Crippen LogP contribution is 2.46. The van der Waals surface area contributed by atoms with Crippen molar-refractivity contribution in [3.8, 4) is 0 Å². The molecule has 4 rings (SSSR count). The Labute approximate surface area is 139 Å². The fourth-order valence-electron chi connectivity index (χ4n) is 5.21. The largest absolute Gasteiger partial charge is 0.330 e. The first-order valence-electron chi connectivity index (χ1n) is 9.21. The highest BCUT2D eigenvalue weighted by atomic mass is 16.2. The zero-order valence-electron chi connectivity index (χ0n) is 14.5. The van der Waals surface area contributed by atoms with Crippen molar-refractivity contribution in [2.24, 2.45) is 5.92 Å². The van der Waals surface area contributed by atoms with Crippen LogP contribution < -0.4 is 0 Å². The lowest BCUT2D eigenvalue weighted by molar-refractivity contribution is 0.00584. The van der Waals surface area contributed by atoms with Crippen LogP contribution in [0, 0.1) is 12.8 Å². The van der Waals surface area contributed by atoms with Crippen molar-refractivity contribution in [2.75, 3.05) is 6.54 Å². The van der Waals surface area contributed by atoms with E-state index in [1.807, 2.05) is 12.1 Å². The third-order valence-corrected chi connectivity index (χ3v) is 6.08. The van der Waals surface area contributed by atoms with Crippen molar-refractivity contribution in [1.82, 2.24) is 9.80 Å². The van der Waals surface area contributed by atoms with E-state index in [0.717, 1.165) is 5.56 Å². The van der Waals surface area contributed by atoms with Crippen molar-refractivity contribution in [2.45, 2.75) is 70.6 Å². The van der Waals surface area contributed by atoms with Crippen molar-refractivity contribution < 1.29 is 4.79 Å². The molecule has 3 aliphatic rings. The second-order valence-electron chi connectivity index (χ2n) is 8.09. The Balaban J connectivity index is 1.60. The van der Waals surface area contributed by atoms with Crippen LogP contribution in [0.5, 0.6) is 0 Å². The standard InChI is InChI=1S/C20H28N2O/c1-13(2)12-21-16-8-9-17(21)19-11-10-18(16)22(19)20(23)15-6-4-14(3)5-7-15/h4-7,13,16-19H,8-12H2,1-3H3. The number of piperazine rings is 1. The molecule has 0 saturated carbocycles. The number of aryl methyl sites for hydroxylation is 1. The van der Waals surface area contributed by atoms with E-state index >= 15 is 0 Å². The number of fused-ring (bicyclic) bond motifs is 6. The van der Waals surface area contributed by atoms with Gasteiger partial charge in [0.15, 0.2) is 0 Å². The molecule has 4 bridgehead atoms. The van der Waals surface area contributed by atoms with Gasteiger partial charge in [0.2, 0.25) is 0 Å². The first kappa shape index (κ1) is 15.2. The van der Waals surface area contributed by atoms with Crippen molar-refractivity contribution in [3.05, 3.63) is 35.4 Å². The molecule has 23 heavy (non-hydrogen) atoms. The molecule has 1 aromatic rings. The lowest BCUT2D eigenvalue weighted by atomic mass is 10.0. The van der Waals surface area contributed by atoms with E-state index in [9.17, 15) is 4.79 Å². The van der Waals surface area contributed by atoms with Crippen molar-refractivity contribution in [3.63, 3.8) is 0 Å². The molecular formula is C20H28N2O. The van der Waals surface area contributed by atoms with Crippen molar-refractivity contribution in [1.29, 1.82) is 0 Å². The van der Waals surface area contributed by atoms with E-state index in [1.165, 1.54) is 37.8 Å². The van der Waals surface area contributed by atoms with Crippen LogP contribution >= 0.6 is 0 Å². The maximum absolute atomic E-state index is 13.1. The summed E-state index contributed by atoms with van der Waals surface area (Å²) in [6, 6.07) is 10.2. The summed E-state index contributed by atoms with van der Waals surface area (Å²) in [7, 11) is 0. The number of hydrogen-bond donors (Lipinski definition) is 0. The Hall–Kier alpha value is -1.35. The third kappa shape index (κ3) is 2.40. The fourth-order valence-corrected chi connectivity index (χ4v) is 5.21. The van der Waals surface area contributed by atoms with Gasteiger partial charge in [0.1, 0.15) is 0 Å². The molecule has 1 amide bonds. The highest BCUT2D eigenvalue weighted by Gasteiger charge is 2.56. The van der Waals surface area contributed by atoms with Gasteiger partial charge in [-0.25, -0.2) is 0 Å². The second kappa shape index (κ2) is 5.62. The van der Waals surface area contributed by atoms with E-state index in [2.05, 4.69) is 42.7 Å². The lowest BCUT2D eigenvalue weighted by Gasteiger charge is -2.47. The van der Waals surface area contributed by atoms with Crippen molar-refractivity contribution >= 4 is 5.91 Å². The molecule has 0 aromatic heterocycles. The van der Waals surface area contributed by atoms with Crippen LogP contribution in [0.2, 0.25) is 0 Å². The van der Waals surface area contributed by atoms with E-state index in [-0.39, 0.29) is 5.91 Å². The maximum atomic E-state index is 13.1. The quantitative estimate of drug-likeness (QED) is 0.853. The number of amides is 1. The fraction of sp³-hybridized carbons (Fsp3) is 0.650. The minimum Gasteiger partial charge on any atom is -0.330 e. The molecule has 0 spiro atoms. The Kier molecular flexibility index (Phi) is 3.72. The van der Waals surface area contributed by atoms with Gasteiger partial charge in [-0.1, -0.05) is 31.5 Å². The Morgan fingerprint density at radius 1 is 1.00 bits per heavy atom. The Morgan fingerprint density at radius 3 is 2.04 bits per heavy atom. The summed E-state index contributed by atoms with van der Waals surface area (Å²) in [4.78, 5) is 18.1. The average molecular weight is 312 g/mol. The summed E-state index contributed by atoms with van der Waals surface area (Å²) in [6.45, 7) is 7.88. The molecule has 3 saturated heterocycles. The Bertz CT molecular complexity index is 574. The molecule has 1 aromatic carbocycles. The van der Waals surface area contributed by atoms with E-state index in [0.29, 0.717) is 30.1 Å². The summed E-state index contributed by atoms with van der Waals surface area (Å²) < 4.78 is 0. The topological polar surface area (TPSA) is 23.6 Å². The monoisotopic (exact) mass is 312 g/mol. The minimum atomic E-state index is 0.263.